The number of unbranched alkanes of at least 4 members (excludes halogenated alkanes) is 2. The lowest BCUT2D eigenvalue weighted by Gasteiger charge is -2.14. The van der Waals surface area contributed by atoms with Crippen LogP contribution in [0.25, 0.3) is 0 Å². The minimum absolute atomic E-state index is 0.298. The fourth-order valence-corrected chi connectivity index (χ4v) is 1.51. The maximum atomic E-state index is 9.51. The number of hydrogen-bond donors (Lipinski definition) is 2. The van der Waals surface area contributed by atoms with Crippen molar-refractivity contribution < 1.29 is 10.2 Å². The Morgan fingerprint density at radius 3 is 2.00 bits per heavy atom. The van der Waals surface area contributed by atoms with Crippen molar-refractivity contribution in [3.8, 4) is 0 Å². The normalized spacial score (nSPS) is 15.7. The molecule has 0 aliphatic rings. The topological polar surface area (TPSA) is 40.5 Å². The van der Waals surface area contributed by atoms with Gasteiger partial charge in [-0.15, -0.1) is 0 Å². The van der Waals surface area contributed by atoms with Gasteiger partial charge in [0.15, 0.2) is 0 Å². The van der Waals surface area contributed by atoms with E-state index in [-0.39, 0.29) is 12.2 Å². The van der Waals surface area contributed by atoms with Crippen molar-refractivity contribution in [3.05, 3.63) is 0 Å². The average Bonchev–Trinajstić information content (AvgIpc) is 2.05. The van der Waals surface area contributed by atoms with Crippen LogP contribution in [0.4, 0.5) is 0 Å². The molecule has 0 aromatic carbocycles. The van der Waals surface area contributed by atoms with Crippen molar-refractivity contribution in [1.82, 2.24) is 0 Å². The molecule has 0 unspecified atom stereocenters. The van der Waals surface area contributed by atoms with Crippen LogP contribution in [-0.4, -0.2) is 22.4 Å². The minimum Gasteiger partial charge on any atom is -0.393 e. The first-order chi connectivity index (χ1) is 6.20. The summed E-state index contributed by atoms with van der Waals surface area (Å²) in [5.74, 6) is 0. The molecule has 0 amide bonds. The summed E-state index contributed by atoms with van der Waals surface area (Å²) in [6, 6.07) is 0. The smallest absolute Gasteiger partial charge is 0.0564 e. The molecule has 80 valence electrons. The first-order valence-corrected chi connectivity index (χ1v) is 5.56. The van der Waals surface area contributed by atoms with Gasteiger partial charge < -0.3 is 10.2 Å². The SMILES string of the molecule is CCCCC[C@@H](O)C[C@@H](O)CCC. The molecule has 13 heavy (non-hydrogen) atoms. The third-order valence-electron chi connectivity index (χ3n) is 2.31. The van der Waals surface area contributed by atoms with E-state index in [0.717, 1.165) is 25.7 Å². The molecule has 0 fully saturated rings. The van der Waals surface area contributed by atoms with E-state index < -0.39 is 0 Å². The summed E-state index contributed by atoms with van der Waals surface area (Å²) in [6.07, 6.45) is 6.04. The fourth-order valence-electron chi connectivity index (χ4n) is 1.51. The van der Waals surface area contributed by atoms with Gasteiger partial charge in [0.2, 0.25) is 0 Å². The molecule has 0 aliphatic heterocycles. The third-order valence-corrected chi connectivity index (χ3v) is 2.31. The molecule has 2 N–H and O–H groups in total. The summed E-state index contributed by atoms with van der Waals surface area (Å²) in [7, 11) is 0. The van der Waals surface area contributed by atoms with E-state index in [4.69, 9.17) is 0 Å². The zero-order valence-corrected chi connectivity index (χ0v) is 9.00. The molecule has 0 spiro atoms. The van der Waals surface area contributed by atoms with Gasteiger partial charge >= 0.3 is 0 Å². The fraction of sp³-hybridized carbons (Fsp3) is 1.00. The lowest BCUT2D eigenvalue weighted by atomic mass is 10.0. The van der Waals surface area contributed by atoms with Crippen LogP contribution in [0, 0.1) is 0 Å². The highest BCUT2D eigenvalue weighted by molar-refractivity contribution is 4.63. The number of aliphatic hydroxyl groups excluding tert-OH is 2. The van der Waals surface area contributed by atoms with E-state index in [9.17, 15) is 10.2 Å². The second kappa shape index (κ2) is 8.52. The summed E-state index contributed by atoms with van der Waals surface area (Å²) in [5, 5.41) is 18.9. The number of hydrogen-bond acceptors (Lipinski definition) is 2. The lowest BCUT2D eigenvalue weighted by molar-refractivity contribution is 0.0693. The first-order valence-electron chi connectivity index (χ1n) is 5.56. The van der Waals surface area contributed by atoms with E-state index in [1.54, 1.807) is 0 Å². The van der Waals surface area contributed by atoms with Crippen LogP contribution in [0.1, 0.15) is 58.8 Å². The summed E-state index contributed by atoms with van der Waals surface area (Å²) < 4.78 is 0. The molecule has 0 bridgehead atoms. The van der Waals surface area contributed by atoms with Crippen LogP contribution >= 0.6 is 0 Å². The average molecular weight is 188 g/mol. The van der Waals surface area contributed by atoms with Gasteiger partial charge in [-0.25, -0.2) is 0 Å². The van der Waals surface area contributed by atoms with Crippen molar-refractivity contribution in [2.45, 2.75) is 71.0 Å². The van der Waals surface area contributed by atoms with Crippen LogP contribution < -0.4 is 0 Å². The largest absolute Gasteiger partial charge is 0.393 e. The van der Waals surface area contributed by atoms with Crippen LogP contribution in [0.5, 0.6) is 0 Å². The molecule has 0 aromatic heterocycles. The Balaban J connectivity index is 3.32. The van der Waals surface area contributed by atoms with Gasteiger partial charge in [0.1, 0.15) is 0 Å². The van der Waals surface area contributed by atoms with Gasteiger partial charge in [-0.3, -0.25) is 0 Å². The lowest BCUT2D eigenvalue weighted by Crippen LogP contribution is -2.17. The molecule has 0 rings (SSSR count). The second-order valence-electron chi connectivity index (χ2n) is 3.83. The Morgan fingerprint density at radius 2 is 1.46 bits per heavy atom. The zero-order chi connectivity index (χ0) is 10.1. The summed E-state index contributed by atoms with van der Waals surface area (Å²) in [4.78, 5) is 0. The van der Waals surface area contributed by atoms with Crippen molar-refractivity contribution in [1.29, 1.82) is 0 Å². The molecule has 2 nitrogen and oxygen atoms in total. The maximum Gasteiger partial charge on any atom is 0.0564 e. The highest BCUT2D eigenvalue weighted by Gasteiger charge is 2.10. The Kier molecular flexibility index (Phi) is 8.46. The van der Waals surface area contributed by atoms with Gasteiger partial charge in [-0.2, -0.15) is 0 Å². The van der Waals surface area contributed by atoms with E-state index in [1.807, 2.05) is 6.92 Å². The van der Waals surface area contributed by atoms with E-state index in [0.29, 0.717) is 6.42 Å². The molecule has 0 saturated heterocycles. The van der Waals surface area contributed by atoms with Gasteiger partial charge in [0.05, 0.1) is 12.2 Å². The summed E-state index contributed by atoms with van der Waals surface area (Å²) in [5.41, 5.74) is 0. The Labute approximate surface area is 82.0 Å². The van der Waals surface area contributed by atoms with Crippen molar-refractivity contribution in [3.63, 3.8) is 0 Å². The van der Waals surface area contributed by atoms with Crippen LogP contribution in [0.2, 0.25) is 0 Å². The quantitative estimate of drug-likeness (QED) is 0.574. The molecule has 0 aromatic rings. The molecular weight excluding hydrogens is 164 g/mol. The van der Waals surface area contributed by atoms with Crippen LogP contribution in [0.3, 0.4) is 0 Å². The Morgan fingerprint density at radius 1 is 0.846 bits per heavy atom. The predicted octanol–water partition coefficient (Wildman–Crippen LogP) is 2.48. The zero-order valence-electron chi connectivity index (χ0n) is 9.00. The molecule has 0 heterocycles. The molecule has 0 radical (unpaired) electrons. The number of rotatable bonds is 8. The summed E-state index contributed by atoms with van der Waals surface area (Å²) >= 11 is 0. The maximum absolute atomic E-state index is 9.51. The van der Waals surface area contributed by atoms with Crippen LogP contribution in [-0.2, 0) is 0 Å². The predicted molar refractivity (Wildman–Crippen MR) is 55.7 cm³/mol. The molecule has 2 atom stereocenters. The molecule has 0 aliphatic carbocycles. The third kappa shape index (κ3) is 8.26. The number of aliphatic hydroxyl groups is 2. The standard InChI is InChI=1S/C11H24O2/c1-3-5-6-8-11(13)9-10(12)7-4-2/h10-13H,3-9H2,1-2H3/t10-,11+/m0/s1. The molecule has 2 heteroatoms. The van der Waals surface area contributed by atoms with E-state index in [1.165, 1.54) is 12.8 Å². The summed E-state index contributed by atoms with van der Waals surface area (Å²) in [6.45, 7) is 4.20. The van der Waals surface area contributed by atoms with Crippen molar-refractivity contribution in [2.75, 3.05) is 0 Å². The Hall–Kier alpha value is -0.0800. The van der Waals surface area contributed by atoms with E-state index in [2.05, 4.69) is 6.92 Å². The molecular formula is C11H24O2. The van der Waals surface area contributed by atoms with Crippen LogP contribution in [0.15, 0.2) is 0 Å². The van der Waals surface area contributed by atoms with Gasteiger partial charge in [-0.05, 0) is 19.3 Å². The van der Waals surface area contributed by atoms with E-state index >= 15 is 0 Å². The second-order valence-corrected chi connectivity index (χ2v) is 3.83. The van der Waals surface area contributed by atoms with Crippen molar-refractivity contribution >= 4 is 0 Å². The van der Waals surface area contributed by atoms with Gasteiger partial charge in [0.25, 0.3) is 0 Å². The Bertz CT molecular complexity index is 104. The van der Waals surface area contributed by atoms with Gasteiger partial charge in [0, 0.05) is 0 Å². The van der Waals surface area contributed by atoms with Gasteiger partial charge in [-0.1, -0.05) is 39.5 Å². The highest BCUT2D eigenvalue weighted by Crippen LogP contribution is 2.11. The monoisotopic (exact) mass is 188 g/mol. The molecule has 0 saturated carbocycles. The first kappa shape index (κ1) is 12.9. The minimum atomic E-state index is -0.304. The van der Waals surface area contributed by atoms with Crippen molar-refractivity contribution in [2.24, 2.45) is 0 Å². The highest BCUT2D eigenvalue weighted by atomic mass is 16.3.